The van der Waals surface area contributed by atoms with Gasteiger partial charge in [0.2, 0.25) is 5.88 Å². The molecule has 0 unspecified atom stereocenters. The number of halogens is 1. The molecule has 2 amide bonds. The Morgan fingerprint density at radius 2 is 1.97 bits per heavy atom. The van der Waals surface area contributed by atoms with Crippen molar-refractivity contribution < 1.29 is 14.3 Å². The topological polar surface area (TPSA) is 76.5 Å². The van der Waals surface area contributed by atoms with Gasteiger partial charge in [-0.1, -0.05) is 41.9 Å². The Hall–Kier alpha value is -3.32. The Kier molecular flexibility index (Phi) is 7.89. The fraction of sp³-hybridized carbons (Fsp3) is 0.292. The third-order valence-electron chi connectivity index (χ3n) is 5.36. The number of rotatable bonds is 9. The van der Waals surface area contributed by atoms with E-state index in [0.29, 0.717) is 35.7 Å². The summed E-state index contributed by atoms with van der Waals surface area (Å²) in [6.45, 7) is 0.421. The van der Waals surface area contributed by atoms with Gasteiger partial charge in [0.1, 0.15) is 11.3 Å². The highest BCUT2D eigenvalue weighted by Crippen LogP contribution is 2.23. The van der Waals surface area contributed by atoms with Crippen molar-refractivity contribution in [2.24, 2.45) is 7.05 Å². The largest absolute Gasteiger partial charge is 0.480 e. The summed E-state index contributed by atoms with van der Waals surface area (Å²) >= 11 is 6.07. The number of aromatic nitrogens is 2. The average molecular weight is 455 g/mol. The van der Waals surface area contributed by atoms with Crippen molar-refractivity contribution in [1.82, 2.24) is 19.8 Å². The zero-order valence-corrected chi connectivity index (χ0v) is 19.2. The van der Waals surface area contributed by atoms with Gasteiger partial charge < -0.3 is 19.5 Å². The first-order valence-electron chi connectivity index (χ1n) is 10.3. The van der Waals surface area contributed by atoms with Gasteiger partial charge >= 0.3 is 0 Å². The van der Waals surface area contributed by atoms with Crippen LogP contribution in [0.1, 0.15) is 32.8 Å². The van der Waals surface area contributed by atoms with Gasteiger partial charge in [0.05, 0.1) is 12.1 Å². The van der Waals surface area contributed by atoms with E-state index in [9.17, 15) is 9.59 Å². The molecular weight excluding hydrogens is 428 g/mol. The van der Waals surface area contributed by atoms with Crippen molar-refractivity contribution in [3.63, 3.8) is 0 Å². The molecule has 0 saturated heterocycles. The summed E-state index contributed by atoms with van der Waals surface area (Å²) in [5.41, 5.74) is 1.99. The molecule has 1 atom stereocenters. The minimum absolute atomic E-state index is 0.148. The van der Waals surface area contributed by atoms with E-state index in [1.54, 1.807) is 28.6 Å². The Labute approximate surface area is 193 Å². The summed E-state index contributed by atoms with van der Waals surface area (Å²) in [5, 5.41) is 3.31. The predicted molar refractivity (Wildman–Crippen MR) is 124 cm³/mol. The summed E-state index contributed by atoms with van der Waals surface area (Å²) < 4.78 is 7.03. The number of benzene rings is 1. The molecule has 0 fully saturated rings. The first-order valence-corrected chi connectivity index (χ1v) is 10.7. The monoisotopic (exact) mass is 454 g/mol. The zero-order chi connectivity index (χ0) is 23.1. The number of carbonyl (C=O) groups excluding carboxylic acids is 2. The Morgan fingerprint density at radius 1 is 1.22 bits per heavy atom. The standard InChI is InChI=1S/C24H27ClN4O3/c1-28-13-7-10-21(28)22(30)26-12-11-19(14-17-8-5-4-6-9-17)29(2)24(31)20-15-18(25)16-27-23(20)32-3/h4-10,13,15-16,19H,11-12,14H2,1-3H3,(H,26,30)/t19-/m1/s1. The van der Waals surface area contributed by atoms with E-state index >= 15 is 0 Å². The van der Waals surface area contributed by atoms with E-state index in [4.69, 9.17) is 16.3 Å². The number of amides is 2. The summed E-state index contributed by atoms with van der Waals surface area (Å²) in [5.74, 6) is -0.168. The number of aryl methyl sites for hydroxylation is 1. The van der Waals surface area contributed by atoms with Crippen LogP contribution in [-0.2, 0) is 13.5 Å². The molecular formula is C24H27ClN4O3. The predicted octanol–water partition coefficient (Wildman–Crippen LogP) is 3.59. The van der Waals surface area contributed by atoms with Gasteiger partial charge in [0, 0.05) is 39.1 Å². The van der Waals surface area contributed by atoms with Crippen molar-refractivity contribution in [3.8, 4) is 5.88 Å². The SMILES string of the molecule is COc1ncc(Cl)cc1C(=O)N(C)[C@H](CCNC(=O)c1cccn1C)Cc1ccccc1. The average Bonchev–Trinajstić information content (AvgIpc) is 3.24. The van der Waals surface area contributed by atoms with E-state index in [1.807, 2.05) is 49.6 Å². The minimum Gasteiger partial charge on any atom is -0.480 e. The summed E-state index contributed by atoms with van der Waals surface area (Å²) in [4.78, 5) is 31.5. The number of ether oxygens (including phenoxy) is 1. The number of carbonyl (C=O) groups is 2. The molecule has 0 aliphatic carbocycles. The Morgan fingerprint density at radius 3 is 2.62 bits per heavy atom. The molecule has 8 heteroatoms. The number of nitrogens with one attached hydrogen (secondary N) is 1. The summed E-state index contributed by atoms with van der Waals surface area (Å²) in [6, 6.07) is 14.9. The van der Waals surface area contributed by atoms with Crippen LogP contribution in [0.4, 0.5) is 0 Å². The summed E-state index contributed by atoms with van der Waals surface area (Å²) in [7, 11) is 5.04. The van der Waals surface area contributed by atoms with Crippen LogP contribution >= 0.6 is 11.6 Å². The van der Waals surface area contributed by atoms with Crippen molar-refractivity contribution in [2.45, 2.75) is 18.9 Å². The molecule has 3 aromatic rings. The molecule has 2 aromatic heterocycles. The normalized spacial score (nSPS) is 11.6. The summed E-state index contributed by atoms with van der Waals surface area (Å²) in [6.07, 6.45) is 4.48. The van der Waals surface area contributed by atoms with Gasteiger partial charge in [0.15, 0.2) is 0 Å². The second kappa shape index (κ2) is 10.8. The molecule has 0 aliphatic rings. The maximum absolute atomic E-state index is 13.3. The Balaban J connectivity index is 1.76. The Bertz CT molecular complexity index is 1070. The van der Waals surface area contributed by atoms with Crippen LogP contribution in [0.5, 0.6) is 5.88 Å². The second-order valence-electron chi connectivity index (χ2n) is 7.52. The number of likely N-dealkylation sites (N-methyl/N-ethyl adjacent to an activating group) is 1. The van der Waals surface area contributed by atoms with Crippen LogP contribution in [0.15, 0.2) is 60.9 Å². The maximum atomic E-state index is 13.3. The molecule has 1 N–H and O–H groups in total. The minimum atomic E-state index is -0.244. The molecule has 0 spiro atoms. The van der Waals surface area contributed by atoms with Crippen molar-refractivity contribution in [2.75, 3.05) is 20.7 Å². The van der Waals surface area contributed by atoms with Gasteiger partial charge in [-0.25, -0.2) is 4.98 Å². The maximum Gasteiger partial charge on any atom is 0.267 e. The quantitative estimate of drug-likeness (QED) is 0.536. The molecule has 0 saturated carbocycles. The van der Waals surface area contributed by atoms with Crippen molar-refractivity contribution >= 4 is 23.4 Å². The number of pyridine rings is 1. The van der Waals surface area contributed by atoms with Crippen LogP contribution in [0.25, 0.3) is 0 Å². The fourth-order valence-corrected chi connectivity index (χ4v) is 3.72. The van der Waals surface area contributed by atoms with E-state index < -0.39 is 0 Å². The van der Waals surface area contributed by atoms with E-state index in [0.717, 1.165) is 5.56 Å². The molecule has 32 heavy (non-hydrogen) atoms. The lowest BCUT2D eigenvalue weighted by Gasteiger charge is -2.29. The number of hydrogen-bond donors (Lipinski definition) is 1. The fourth-order valence-electron chi connectivity index (χ4n) is 3.56. The second-order valence-corrected chi connectivity index (χ2v) is 7.96. The van der Waals surface area contributed by atoms with Crippen LogP contribution in [0.2, 0.25) is 5.02 Å². The smallest absolute Gasteiger partial charge is 0.267 e. The van der Waals surface area contributed by atoms with Crippen LogP contribution < -0.4 is 10.1 Å². The van der Waals surface area contributed by atoms with Gasteiger partial charge in [-0.2, -0.15) is 0 Å². The van der Waals surface area contributed by atoms with Crippen LogP contribution in [-0.4, -0.2) is 53.0 Å². The third-order valence-corrected chi connectivity index (χ3v) is 5.57. The molecule has 0 radical (unpaired) electrons. The highest BCUT2D eigenvalue weighted by atomic mass is 35.5. The van der Waals surface area contributed by atoms with Crippen LogP contribution in [0, 0.1) is 0 Å². The van der Waals surface area contributed by atoms with E-state index in [2.05, 4.69) is 10.3 Å². The van der Waals surface area contributed by atoms with Crippen molar-refractivity contribution in [3.05, 3.63) is 82.8 Å². The number of nitrogens with zero attached hydrogens (tertiary/aromatic N) is 3. The first-order chi connectivity index (χ1) is 15.4. The zero-order valence-electron chi connectivity index (χ0n) is 18.4. The highest BCUT2D eigenvalue weighted by Gasteiger charge is 2.25. The molecule has 1 aromatic carbocycles. The molecule has 168 valence electrons. The molecule has 7 nitrogen and oxygen atoms in total. The van der Waals surface area contributed by atoms with Crippen LogP contribution in [0.3, 0.4) is 0 Å². The molecule has 0 aliphatic heterocycles. The van der Waals surface area contributed by atoms with Gasteiger partial charge in [0.25, 0.3) is 11.8 Å². The molecule has 2 heterocycles. The van der Waals surface area contributed by atoms with Crippen molar-refractivity contribution in [1.29, 1.82) is 0 Å². The third kappa shape index (κ3) is 5.68. The van der Waals surface area contributed by atoms with Gasteiger partial charge in [-0.3, -0.25) is 9.59 Å². The van der Waals surface area contributed by atoms with E-state index in [1.165, 1.54) is 13.3 Å². The lowest BCUT2D eigenvalue weighted by Crippen LogP contribution is -2.41. The van der Waals surface area contributed by atoms with Gasteiger partial charge in [-0.05, 0) is 36.6 Å². The number of methoxy groups -OCH3 is 1. The lowest BCUT2D eigenvalue weighted by molar-refractivity contribution is 0.0718. The number of hydrogen-bond acceptors (Lipinski definition) is 4. The molecule has 3 rings (SSSR count). The first kappa shape index (κ1) is 23.3. The highest BCUT2D eigenvalue weighted by molar-refractivity contribution is 6.30. The van der Waals surface area contributed by atoms with E-state index in [-0.39, 0.29) is 23.7 Å². The lowest BCUT2D eigenvalue weighted by atomic mass is 10.0. The van der Waals surface area contributed by atoms with Gasteiger partial charge in [-0.15, -0.1) is 0 Å². The molecule has 0 bridgehead atoms.